The van der Waals surface area contributed by atoms with Gasteiger partial charge in [0.2, 0.25) is 0 Å². The Bertz CT molecular complexity index is 661. The molecule has 3 nitrogen and oxygen atoms in total. The second kappa shape index (κ2) is 5.31. The fourth-order valence-corrected chi connectivity index (χ4v) is 6.95. The van der Waals surface area contributed by atoms with E-state index in [1.54, 1.807) is 6.08 Å². The van der Waals surface area contributed by atoms with E-state index in [1.165, 1.54) is 31.3 Å². The fraction of sp³-hybridized carbons (Fsp3) is 0.714. The molecule has 0 unspecified atom stereocenters. The maximum absolute atomic E-state index is 11.8. The van der Waals surface area contributed by atoms with Crippen LogP contribution in [-0.4, -0.2) is 16.7 Å². The van der Waals surface area contributed by atoms with E-state index in [2.05, 4.69) is 25.1 Å². The molecule has 0 aromatic carbocycles. The summed E-state index contributed by atoms with van der Waals surface area (Å²) in [6.45, 7) is 6.78. The van der Waals surface area contributed by atoms with Crippen molar-refractivity contribution >= 4 is 11.5 Å². The molecule has 4 aliphatic rings. The number of nitrogens with zero attached hydrogens (tertiary/aromatic N) is 1. The van der Waals surface area contributed by atoms with Gasteiger partial charge in [0.15, 0.2) is 5.78 Å². The third-order valence-electron chi connectivity index (χ3n) is 8.22. The van der Waals surface area contributed by atoms with Crippen molar-refractivity contribution in [3.63, 3.8) is 0 Å². The van der Waals surface area contributed by atoms with Crippen LogP contribution in [0.2, 0.25) is 0 Å². The van der Waals surface area contributed by atoms with E-state index in [1.807, 2.05) is 13.0 Å². The highest BCUT2D eigenvalue weighted by atomic mass is 16.4. The highest BCUT2D eigenvalue weighted by Crippen LogP contribution is 2.66. The lowest BCUT2D eigenvalue weighted by molar-refractivity contribution is -0.111. The van der Waals surface area contributed by atoms with E-state index in [9.17, 15) is 10.0 Å². The van der Waals surface area contributed by atoms with Gasteiger partial charge in [0, 0.05) is 11.3 Å². The molecule has 0 amide bonds. The zero-order valence-electron chi connectivity index (χ0n) is 15.1. The van der Waals surface area contributed by atoms with E-state index < -0.39 is 0 Å². The molecule has 4 rings (SSSR count). The molecule has 4 aliphatic carbocycles. The van der Waals surface area contributed by atoms with Gasteiger partial charge in [0.25, 0.3) is 0 Å². The Kier molecular flexibility index (Phi) is 3.56. The van der Waals surface area contributed by atoms with Gasteiger partial charge in [-0.3, -0.25) is 4.79 Å². The van der Waals surface area contributed by atoms with E-state index >= 15 is 0 Å². The van der Waals surface area contributed by atoms with Crippen molar-refractivity contribution in [2.75, 3.05) is 0 Å². The topological polar surface area (TPSA) is 49.7 Å². The van der Waals surface area contributed by atoms with Crippen LogP contribution in [0.25, 0.3) is 0 Å². The van der Waals surface area contributed by atoms with Crippen molar-refractivity contribution in [1.82, 2.24) is 0 Å². The van der Waals surface area contributed by atoms with Crippen LogP contribution in [0, 0.1) is 34.5 Å². The summed E-state index contributed by atoms with van der Waals surface area (Å²) in [7, 11) is 0. The van der Waals surface area contributed by atoms with Crippen molar-refractivity contribution in [3.8, 4) is 0 Å². The van der Waals surface area contributed by atoms with Crippen LogP contribution in [0.3, 0.4) is 0 Å². The minimum Gasteiger partial charge on any atom is -0.411 e. The number of hydrogen-bond acceptors (Lipinski definition) is 3. The minimum atomic E-state index is 0.0797. The largest absolute Gasteiger partial charge is 0.411 e. The van der Waals surface area contributed by atoms with Crippen LogP contribution in [0.15, 0.2) is 29.0 Å². The number of rotatable bonds is 1. The summed E-state index contributed by atoms with van der Waals surface area (Å²) in [6, 6.07) is 0. The summed E-state index contributed by atoms with van der Waals surface area (Å²) < 4.78 is 0. The van der Waals surface area contributed by atoms with Crippen molar-refractivity contribution < 1.29 is 10.0 Å². The minimum absolute atomic E-state index is 0.0797. The average molecular weight is 327 g/mol. The van der Waals surface area contributed by atoms with Gasteiger partial charge in [-0.05, 0) is 80.8 Å². The molecule has 3 heteroatoms. The lowest BCUT2D eigenvalue weighted by Crippen LogP contribution is -2.50. The molecule has 0 aliphatic heterocycles. The van der Waals surface area contributed by atoms with Gasteiger partial charge >= 0.3 is 0 Å². The molecule has 24 heavy (non-hydrogen) atoms. The number of hydrogen-bond donors (Lipinski definition) is 1. The summed E-state index contributed by atoms with van der Waals surface area (Å²) in [5, 5.41) is 12.8. The van der Waals surface area contributed by atoms with Gasteiger partial charge in [-0.25, -0.2) is 0 Å². The molecule has 0 radical (unpaired) electrons. The molecular formula is C21H29NO2. The lowest BCUT2D eigenvalue weighted by Gasteiger charge is -2.57. The maximum atomic E-state index is 11.8. The zero-order valence-corrected chi connectivity index (χ0v) is 15.1. The molecule has 130 valence electrons. The fourth-order valence-electron chi connectivity index (χ4n) is 6.95. The molecule has 3 fully saturated rings. The van der Waals surface area contributed by atoms with Gasteiger partial charge in [0.1, 0.15) is 0 Å². The monoisotopic (exact) mass is 327 g/mol. The molecule has 0 spiro atoms. The van der Waals surface area contributed by atoms with Crippen molar-refractivity contribution in [1.29, 1.82) is 0 Å². The molecule has 6 atom stereocenters. The molecule has 0 saturated heterocycles. The first-order chi connectivity index (χ1) is 11.4. The Balaban J connectivity index is 1.67. The number of carbonyl (C=O) groups excluding carboxylic acids is 1. The second-order valence-corrected chi connectivity index (χ2v) is 9.02. The molecule has 0 aromatic heterocycles. The number of fused-ring (bicyclic) bond motifs is 5. The SMILES string of the molecule is C/C(=N\O)[C@H]1CC[C@H]2[C@@H]3CCC4=CC(=O)C=C[C@]4(C)[C@H]3CC[C@]12C. The third kappa shape index (κ3) is 2.02. The third-order valence-corrected chi connectivity index (χ3v) is 8.22. The smallest absolute Gasteiger partial charge is 0.178 e. The molecule has 0 aromatic rings. The predicted molar refractivity (Wildman–Crippen MR) is 95.0 cm³/mol. The molecular weight excluding hydrogens is 298 g/mol. The first-order valence-electron chi connectivity index (χ1n) is 9.53. The van der Waals surface area contributed by atoms with Gasteiger partial charge in [0.05, 0.1) is 5.71 Å². The summed E-state index contributed by atoms with van der Waals surface area (Å²) in [6.07, 6.45) is 13.0. The summed E-state index contributed by atoms with van der Waals surface area (Å²) >= 11 is 0. The zero-order chi connectivity index (χ0) is 17.1. The standard InChI is InChI=1S/C21H29NO2/c1-13(22-24)17-6-7-18-16-5-4-14-12-15(23)8-10-20(14,2)19(16)9-11-21(17,18)3/h8,10,12,16-19,24H,4-7,9,11H2,1-3H3/b22-13+/t16-,17+,18-,19-,20-,21+/m0/s1. The number of ketones is 1. The Morgan fingerprint density at radius 1 is 1.21 bits per heavy atom. The van der Waals surface area contributed by atoms with Crippen molar-refractivity contribution in [3.05, 3.63) is 23.8 Å². The average Bonchev–Trinajstić information content (AvgIpc) is 2.92. The summed E-state index contributed by atoms with van der Waals surface area (Å²) in [4.78, 5) is 11.8. The number of allylic oxidation sites excluding steroid dienone is 4. The van der Waals surface area contributed by atoms with E-state index in [-0.39, 0.29) is 16.6 Å². The maximum Gasteiger partial charge on any atom is 0.178 e. The Morgan fingerprint density at radius 2 is 2.00 bits per heavy atom. The highest BCUT2D eigenvalue weighted by molar-refractivity contribution is 6.01. The van der Waals surface area contributed by atoms with Crippen molar-refractivity contribution in [2.45, 2.75) is 59.3 Å². The Morgan fingerprint density at radius 3 is 2.75 bits per heavy atom. The van der Waals surface area contributed by atoms with Crippen LogP contribution in [0.4, 0.5) is 0 Å². The first kappa shape index (κ1) is 16.1. The quantitative estimate of drug-likeness (QED) is 0.429. The van der Waals surface area contributed by atoms with E-state index in [0.29, 0.717) is 11.8 Å². The van der Waals surface area contributed by atoms with Crippen LogP contribution >= 0.6 is 0 Å². The van der Waals surface area contributed by atoms with E-state index in [4.69, 9.17) is 0 Å². The Hall–Kier alpha value is -1.38. The van der Waals surface area contributed by atoms with Gasteiger partial charge in [-0.2, -0.15) is 0 Å². The van der Waals surface area contributed by atoms with Gasteiger partial charge in [-0.15, -0.1) is 0 Å². The highest BCUT2D eigenvalue weighted by Gasteiger charge is 2.58. The number of carbonyl (C=O) groups is 1. The van der Waals surface area contributed by atoms with E-state index in [0.717, 1.165) is 30.4 Å². The molecule has 1 N–H and O–H groups in total. The van der Waals surface area contributed by atoms with Crippen molar-refractivity contribution in [2.24, 2.45) is 39.7 Å². The second-order valence-electron chi connectivity index (χ2n) is 9.02. The molecule has 0 bridgehead atoms. The normalized spacial score (nSPS) is 47.7. The van der Waals surface area contributed by atoms with Gasteiger partial charge < -0.3 is 5.21 Å². The number of oxime groups is 1. The summed E-state index contributed by atoms with van der Waals surface area (Å²) in [5.41, 5.74) is 2.64. The van der Waals surface area contributed by atoms with Crippen LogP contribution in [-0.2, 0) is 4.79 Å². The lowest BCUT2D eigenvalue weighted by atomic mass is 9.47. The van der Waals surface area contributed by atoms with Crippen LogP contribution in [0.1, 0.15) is 59.3 Å². The predicted octanol–water partition coefficient (Wildman–Crippen LogP) is 4.76. The first-order valence-corrected chi connectivity index (χ1v) is 9.53. The molecule has 3 saturated carbocycles. The van der Waals surface area contributed by atoms with Crippen LogP contribution < -0.4 is 0 Å². The van der Waals surface area contributed by atoms with Gasteiger partial charge in [-0.1, -0.05) is 30.7 Å². The summed E-state index contributed by atoms with van der Waals surface area (Å²) in [5.74, 6) is 2.71. The Labute approximate surface area is 144 Å². The molecule has 0 heterocycles. The van der Waals surface area contributed by atoms with Crippen LogP contribution in [0.5, 0.6) is 0 Å².